The molecule has 1 atom stereocenters. The number of fused-ring (bicyclic) bond motifs is 2. The van der Waals surface area contributed by atoms with Crippen LogP contribution in [0.4, 0.5) is 5.69 Å². The van der Waals surface area contributed by atoms with Gasteiger partial charge in [0.05, 0.1) is 24.2 Å². The monoisotopic (exact) mass is 404 g/mol. The molecule has 0 fully saturated rings. The first-order chi connectivity index (χ1) is 13.4. The van der Waals surface area contributed by atoms with Crippen LogP contribution in [0.2, 0.25) is 0 Å². The molecular formula is C20H24N2O5S. The zero-order chi connectivity index (χ0) is 19.7. The van der Waals surface area contributed by atoms with E-state index in [0.717, 1.165) is 25.1 Å². The van der Waals surface area contributed by atoms with Crippen LogP contribution in [-0.4, -0.2) is 46.9 Å². The number of likely N-dealkylation sites (N-methyl/N-ethyl adjacent to an activating group) is 1. The van der Waals surface area contributed by atoms with Crippen molar-refractivity contribution >= 4 is 15.7 Å². The van der Waals surface area contributed by atoms with Crippen molar-refractivity contribution in [1.29, 1.82) is 0 Å². The summed E-state index contributed by atoms with van der Waals surface area (Å²) in [5, 5.41) is 10.5. The Balaban J connectivity index is 1.46. The molecule has 0 saturated heterocycles. The van der Waals surface area contributed by atoms with E-state index < -0.39 is 16.1 Å². The SMILES string of the molecule is CN1CCc2cc(C(O)CNS(=O)(=O)c3ccc4c(c3)OCCCO4)ccc21. The first-order valence-corrected chi connectivity index (χ1v) is 10.8. The van der Waals surface area contributed by atoms with Crippen LogP contribution in [0.15, 0.2) is 41.3 Å². The molecule has 0 aliphatic carbocycles. The van der Waals surface area contributed by atoms with Crippen LogP contribution in [0.3, 0.4) is 0 Å². The number of ether oxygens (including phenoxy) is 2. The topological polar surface area (TPSA) is 88.1 Å². The first kappa shape index (κ1) is 19.0. The molecule has 2 N–H and O–H groups in total. The molecule has 0 saturated carbocycles. The summed E-state index contributed by atoms with van der Waals surface area (Å²) >= 11 is 0. The van der Waals surface area contributed by atoms with Crippen molar-refractivity contribution in [2.45, 2.75) is 23.8 Å². The third-order valence-corrected chi connectivity index (χ3v) is 6.53. The second kappa shape index (κ2) is 7.62. The zero-order valence-corrected chi connectivity index (χ0v) is 16.5. The van der Waals surface area contributed by atoms with Crippen molar-refractivity contribution in [2.24, 2.45) is 0 Å². The Hall–Kier alpha value is -2.29. The minimum Gasteiger partial charge on any atom is -0.490 e. The van der Waals surface area contributed by atoms with Crippen molar-refractivity contribution in [1.82, 2.24) is 4.72 Å². The molecule has 0 bridgehead atoms. The largest absolute Gasteiger partial charge is 0.490 e. The van der Waals surface area contributed by atoms with Crippen LogP contribution in [0.25, 0.3) is 0 Å². The molecule has 0 amide bonds. The summed E-state index contributed by atoms with van der Waals surface area (Å²) in [4.78, 5) is 2.25. The summed E-state index contributed by atoms with van der Waals surface area (Å²) < 4.78 is 38.9. The number of nitrogens with one attached hydrogen (secondary N) is 1. The number of aliphatic hydroxyl groups is 1. The van der Waals surface area contributed by atoms with Gasteiger partial charge in [-0.1, -0.05) is 12.1 Å². The van der Waals surface area contributed by atoms with Gasteiger partial charge in [-0.15, -0.1) is 0 Å². The van der Waals surface area contributed by atoms with E-state index in [1.54, 1.807) is 6.07 Å². The maximum absolute atomic E-state index is 12.6. The number of nitrogens with zero attached hydrogens (tertiary/aromatic N) is 1. The van der Waals surface area contributed by atoms with E-state index in [1.807, 2.05) is 25.2 Å². The van der Waals surface area contributed by atoms with Crippen LogP contribution in [0, 0.1) is 0 Å². The summed E-state index contributed by atoms with van der Waals surface area (Å²) in [5.41, 5.74) is 3.03. The molecule has 2 aromatic carbocycles. The lowest BCUT2D eigenvalue weighted by atomic mass is 10.0. The van der Waals surface area contributed by atoms with Crippen molar-refractivity contribution in [3.63, 3.8) is 0 Å². The molecular weight excluding hydrogens is 380 g/mol. The Morgan fingerprint density at radius 2 is 1.93 bits per heavy atom. The maximum Gasteiger partial charge on any atom is 0.240 e. The van der Waals surface area contributed by atoms with Gasteiger partial charge in [0, 0.05) is 38.3 Å². The summed E-state index contributed by atoms with van der Waals surface area (Å²) in [6.07, 6.45) is 0.749. The lowest BCUT2D eigenvalue weighted by Crippen LogP contribution is -2.28. The Morgan fingerprint density at radius 3 is 2.75 bits per heavy atom. The molecule has 0 aromatic heterocycles. The number of aliphatic hydroxyl groups excluding tert-OH is 1. The van der Waals surface area contributed by atoms with Gasteiger partial charge in [0.15, 0.2) is 11.5 Å². The average Bonchev–Trinajstić information content (AvgIpc) is 2.91. The number of rotatable bonds is 5. The third kappa shape index (κ3) is 3.80. The smallest absolute Gasteiger partial charge is 0.240 e. The van der Waals surface area contributed by atoms with Gasteiger partial charge in [-0.05, 0) is 35.7 Å². The second-order valence-electron chi connectivity index (χ2n) is 7.09. The highest BCUT2D eigenvalue weighted by atomic mass is 32.2. The Labute approximate surface area is 164 Å². The number of sulfonamides is 1. The molecule has 8 heteroatoms. The predicted molar refractivity (Wildman–Crippen MR) is 106 cm³/mol. The van der Waals surface area contributed by atoms with E-state index in [9.17, 15) is 13.5 Å². The highest BCUT2D eigenvalue weighted by Gasteiger charge is 2.22. The molecule has 4 rings (SSSR count). The number of hydrogen-bond acceptors (Lipinski definition) is 6. The molecule has 2 aliphatic rings. The molecule has 1 unspecified atom stereocenters. The standard InChI is InChI=1S/C20H24N2O5S/c1-22-8-7-14-11-15(3-5-17(14)22)18(23)13-21-28(24,25)16-4-6-19-20(12-16)27-10-2-9-26-19/h3-6,11-12,18,21,23H,2,7-10,13H2,1H3. The van der Waals surface area contributed by atoms with E-state index in [1.165, 1.54) is 17.7 Å². The quantitative estimate of drug-likeness (QED) is 0.791. The van der Waals surface area contributed by atoms with Crippen LogP contribution in [-0.2, 0) is 16.4 Å². The van der Waals surface area contributed by atoms with Gasteiger partial charge in [0.25, 0.3) is 0 Å². The fourth-order valence-corrected chi connectivity index (χ4v) is 4.55. The van der Waals surface area contributed by atoms with Crippen molar-refractivity contribution < 1.29 is 23.0 Å². The van der Waals surface area contributed by atoms with E-state index in [4.69, 9.17) is 9.47 Å². The van der Waals surface area contributed by atoms with Gasteiger partial charge in [0.2, 0.25) is 10.0 Å². The zero-order valence-electron chi connectivity index (χ0n) is 15.7. The molecule has 150 valence electrons. The molecule has 0 radical (unpaired) electrons. The Bertz CT molecular complexity index is 977. The molecule has 2 heterocycles. The summed E-state index contributed by atoms with van der Waals surface area (Å²) in [6, 6.07) is 10.3. The lowest BCUT2D eigenvalue weighted by Gasteiger charge is -2.16. The van der Waals surface area contributed by atoms with E-state index in [2.05, 4.69) is 9.62 Å². The van der Waals surface area contributed by atoms with Crippen molar-refractivity contribution in [3.05, 3.63) is 47.5 Å². The highest BCUT2D eigenvalue weighted by molar-refractivity contribution is 7.89. The first-order valence-electron chi connectivity index (χ1n) is 9.35. The Kier molecular flexibility index (Phi) is 5.18. The van der Waals surface area contributed by atoms with Crippen LogP contribution >= 0.6 is 0 Å². The summed E-state index contributed by atoms with van der Waals surface area (Å²) in [5.74, 6) is 0.961. The van der Waals surface area contributed by atoms with Crippen LogP contribution < -0.4 is 19.1 Å². The number of anilines is 1. The van der Waals surface area contributed by atoms with Gasteiger partial charge < -0.3 is 19.5 Å². The maximum atomic E-state index is 12.6. The highest BCUT2D eigenvalue weighted by Crippen LogP contribution is 2.32. The molecule has 0 spiro atoms. The predicted octanol–water partition coefficient (Wildman–Crippen LogP) is 1.85. The van der Waals surface area contributed by atoms with Crippen molar-refractivity contribution in [3.8, 4) is 11.5 Å². The normalized spacial score (nSPS) is 17.1. The minimum atomic E-state index is -3.78. The minimum absolute atomic E-state index is 0.0829. The molecule has 2 aromatic rings. The van der Waals surface area contributed by atoms with Gasteiger partial charge in [0.1, 0.15) is 0 Å². The lowest BCUT2D eigenvalue weighted by molar-refractivity contribution is 0.182. The van der Waals surface area contributed by atoms with E-state index in [-0.39, 0.29) is 11.4 Å². The van der Waals surface area contributed by atoms with Crippen LogP contribution in [0.5, 0.6) is 11.5 Å². The summed E-state index contributed by atoms with van der Waals surface area (Å²) in [7, 11) is -1.75. The number of benzene rings is 2. The van der Waals surface area contributed by atoms with Crippen molar-refractivity contribution in [2.75, 3.05) is 38.3 Å². The summed E-state index contributed by atoms with van der Waals surface area (Å²) in [6.45, 7) is 1.87. The molecule has 28 heavy (non-hydrogen) atoms. The molecule has 7 nitrogen and oxygen atoms in total. The average molecular weight is 404 g/mol. The second-order valence-corrected chi connectivity index (χ2v) is 8.85. The molecule has 2 aliphatic heterocycles. The fourth-order valence-electron chi connectivity index (χ4n) is 3.49. The number of hydrogen-bond donors (Lipinski definition) is 2. The Morgan fingerprint density at radius 1 is 1.14 bits per heavy atom. The van der Waals surface area contributed by atoms with Gasteiger partial charge >= 0.3 is 0 Å². The van der Waals surface area contributed by atoms with Crippen LogP contribution in [0.1, 0.15) is 23.7 Å². The fraction of sp³-hybridized carbons (Fsp3) is 0.400. The van der Waals surface area contributed by atoms with E-state index >= 15 is 0 Å². The van der Waals surface area contributed by atoms with Gasteiger partial charge in [-0.25, -0.2) is 13.1 Å². The van der Waals surface area contributed by atoms with Gasteiger partial charge in [-0.3, -0.25) is 0 Å². The third-order valence-electron chi connectivity index (χ3n) is 5.11. The van der Waals surface area contributed by atoms with Gasteiger partial charge in [-0.2, -0.15) is 0 Å². The van der Waals surface area contributed by atoms with E-state index in [0.29, 0.717) is 30.3 Å².